The van der Waals surface area contributed by atoms with Crippen LogP contribution in [0.5, 0.6) is 0 Å². The van der Waals surface area contributed by atoms with Gasteiger partial charge in [0.1, 0.15) is 6.61 Å². The summed E-state index contributed by atoms with van der Waals surface area (Å²) in [6.07, 6.45) is 59.9. The number of unbranched alkanes of at least 4 members (excludes halogenated alkanes) is 20. The fraction of sp³-hybridized carbons (Fsp3) is 0.714. The number of esters is 2. The summed E-state index contributed by atoms with van der Waals surface area (Å²) in [7, 11) is 0. The van der Waals surface area contributed by atoms with Crippen molar-refractivity contribution in [1.82, 2.24) is 0 Å². The molecule has 0 aliphatic heterocycles. The predicted molar refractivity (Wildman–Crippen MR) is 233 cm³/mol. The molecule has 5 nitrogen and oxygen atoms in total. The van der Waals surface area contributed by atoms with Crippen LogP contribution < -0.4 is 0 Å². The van der Waals surface area contributed by atoms with Gasteiger partial charge in [0.2, 0.25) is 0 Å². The molecular weight excluding hydrogens is 669 g/mol. The highest BCUT2D eigenvalue weighted by Gasteiger charge is 2.16. The van der Waals surface area contributed by atoms with Crippen LogP contribution in [0.25, 0.3) is 0 Å². The zero-order valence-corrected chi connectivity index (χ0v) is 35.2. The van der Waals surface area contributed by atoms with Gasteiger partial charge in [-0.1, -0.05) is 183 Å². The molecule has 0 aromatic heterocycles. The molecule has 0 aromatic rings. The molecular formula is C49H84O5. The van der Waals surface area contributed by atoms with Crippen LogP contribution in [-0.4, -0.2) is 36.4 Å². The summed E-state index contributed by atoms with van der Waals surface area (Å²) in [6.45, 7) is 3.98. The molecule has 5 heteroatoms. The van der Waals surface area contributed by atoms with Crippen molar-refractivity contribution < 1.29 is 24.2 Å². The molecule has 1 atom stereocenters. The molecule has 0 saturated heterocycles. The smallest absolute Gasteiger partial charge is 0.306 e. The second kappa shape index (κ2) is 44.7. The van der Waals surface area contributed by atoms with Crippen LogP contribution in [0.2, 0.25) is 0 Å². The molecule has 1 unspecified atom stereocenters. The van der Waals surface area contributed by atoms with Crippen LogP contribution in [0.1, 0.15) is 206 Å². The molecule has 0 aliphatic carbocycles. The number of allylic oxidation sites excluding steroid dienone is 12. The minimum atomic E-state index is -0.787. The summed E-state index contributed by atoms with van der Waals surface area (Å²) in [5, 5.41) is 9.57. The molecule has 54 heavy (non-hydrogen) atoms. The Morgan fingerprint density at radius 2 is 0.796 bits per heavy atom. The van der Waals surface area contributed by atoms with Gasteiger partial charge in [0, 0.05) is 12.8 Å². The van der Waals surface area contributed by atoms with E-state index in [9.17, 15) is 14.7 Å². The highest BCUT2D eigenvalue weighted by atomic mass is 16.6. The molecule has 0 aromatic carbocycles. The Bertz CT molecular complexity index is 988. The summed E-state index contributed by atoms with van der Waals surface area (Å²) in [4.78, 5) is 24.3. The number of ether oxygens (including phenoxy) is 2. The first-order valence-corrected chi connectivity index (χ1v) is 22.5. The average molecular weight is 753 g/mol. The Morgan fingerprint density at radius 3 is 1.22 bits per heavy atom. The minimum Gasteiger partial charge on any atom is -0.462 e. The van der Waals surface area contributed by atoms with Crippen LogP contribution >= 0.6 is 0 Å². The molecule has 310 valence electrons. The molecule has 0 amide bonds. The fourth-order valence-corrected chi connectivity index (χ4v) is 6.10. The van der Waals surface area contributed by atoms with Gasteiger partial charge in [-0.05, 0) is 83.5 Å². The maximum Gasteiger partial charge on any atom is 0.306 e. The van der Waals surface area contributed by atoms with E-state index in [1.807, 2.05) is 0 Å². The van der Waals surface area contributed by atoms with Crippen molar-refractivity contribution in [2.75, 3.05) is 13.2 Å². The second-order valence-electron chi connectivity index (χ2n) is 14.7. The number of hydrogen-bond acceptors (Lipinski definition) is 5. The number of rotatable bonds is 40. The van der Waals surface area contributed by atoms with Gasteiger partial charge in [-0.15, -0.1) is 0 Å². The van der Waals surface area contributed by atoms with Gasteiger partial charge in [0.25, 0.3) is 0 Å². The van der Waals surface area contributed by atoms with Gasteiger partial charge in [-0.2, -0.15) is 0 Å². The highest BCUT2D eigenvalue weighted by Crippen LogP contribution is 2.14. The lowest BCUT2D eigenvalue weighted by atomic mass is 10.0. The number of aliphatic hydroxyl groups is 1. The van der Waals surface area contributed by atoms with Gasteiger partial charge in [0.05, 0.1) is 6.61 Å². The molecule has 1 N–H and O–H groups in total. The third-order valence-electron chi connectivity index (χ3n) is 9.48. The van der Waals surface area contributed by atoms with Crippen molar-refractivity contribution in [2.24, 2.45) is 0 Å². The summed E-state index contributed by atoms with van der Waals surface area (Å²) >= 11 is 0. The third-order valence-corrected chi connectivity index (χ3v) is 9.48. The van der Waals surface area contributed by atoms with Gasteiger partial charge < -0.3 is 14.6 Å². The Kier molecular flexibility index (Phi) is 42.5. The second-order valence-corrected chi connectivity index (χ2v) is 14.7. The van der Waals surface area contributed by atoms with Crippen molar-refractivity contribution in [3.05, 3.63) is 72.9 Å². The zero-order valence-electron chi connectivity index (χ0n) is 35.2. The summed E-state index contributed by atoms with van der Waals surface area (Å²) in [6, 6.07) is 0. The third kappa shape index (κ3) is 42.1. The van der Waals surface area contributed by atoms with E-state index in [-0.39, 0.29) is 25.2 Å². The first kappa shape index (κ1) is 51.3. The van der Waals surface area contributed by atoms with E-state index in [1.165, 1.54) is 103 Å². The molecule has 0 fully saturated rings. The maximum absolute atomic E-state index is 12.2. The molecule has 0 radical (unpaired) electrons. The number of carbonyl (C=O) groups excluding carboxylic acids is 2. The lowest BCUT2D eigenvalue weighted by molar-refractivity contribution is -0.161. The predicted octanol–water partition coefficient (Wildman–Crippen LogP) is 14.5. The van der Waals surface area contributed by atoms with Crippen molar-refractivity contribution in [3.8, 4) is 0 Å². The molecule has 0 heterocycles. The topological polar surface area (TPSA) is 72.8 Å². The first-order chi connectivity index (χ1) is 26.6. The van der Waals surface area contributed by atoms with E-state index in [2.05, 4.69) is 86.8 Å². The van der Waals surface area contributed by atoms with E-state index in [0.717, 1.165) is 77.0 Å². The van der Waals surface area contributed by atoms with Crippen molar-refractivity contribution in [3.63, 3.8) is 0 Å². The number of hydrogen-bond donors (Lipinski definition) is 1. The Balaban J connectivity index is 3.54. The molecule has 0 bridgehead atoms. The summed E-state index contributed by atoms with van der Waals surface area (Å²) in [5.41, 5.74) is 0. The molecule has 0 saturated carbocycles. The van der Waals surface area contributed by atoms with Crippen molar-refractivity contribution in [2.45, 2.75) is 213 Å². The first-order valence-electron chi connectivity index (χ1n) is 22.5. The standard InChI is InChI=1S/C49H84O5/c1-3-5-7-9-11-13-15-17-18-19-20-21-22-23-24-25-26-27-28-29-30-32-34-36-38-40-42-44-49(52)54-47(45-50)46-53-48(51)43-41-39-37-35-33-31-16-14-12-10-8-6-4-2/h6,8,12,14-15,17,19-20,22-23,31,33,47,50H,3-5,7,9-11,13,16,18,21,24-30,32,34-46H2,1-2H3/b8-6-,14-12-,17-15-,20-19-,23-22-,33-31-. The largest absolute Gasteiger partial charge is 0.462 e. The quantitative estimate of drug-likeness (QED) is 0.0383. The fourth-order valence-electron chi connectivity index (χ4n) is 6.10. The van der Waals surface area contributed by atoms with Crippen molar-refractivity contribution in [1.29, 1.82) is 0 Å². The monoisotopic (exact) mass is 753 g/mol. The summed E-state index contributed by atoms with van der Waals surface area (Å²) in [5.74, 6) is -0.630. The lowest BCUT2D eigenvalue weighted by Gasteiger charge is -2.15. The zero-order chi connectivity index (χ0) is 39.3. The van der Waals surface area contributed by atoms with E-state index >= 15 is 0 Å². The van der Waals surface area contributed by atoms with E-state index in [0.29, 0.717) is 12.8 Å². The van der Waals surface area contributed by atoms with Crippen LogP contribution in [0, 0.1) is 0 Å². The Morgan fingerprint density at radius 1 is 0.444 bits per heavy atom. The van der Waals surface area contributed by atoms with Crippen LogP contribution in [0.4, 0.5) is 0 Å². The Labute approximate surface area is 333 Å². The van der Waals surface area contributed by atoms with Gasteiger partial charge in [-0.25, -0.2) is 0 Å². The lowest BCUT2D eigenvalue weighted by Crippen LogP contribution is -2.28. The number of carbonyl (C=O) groups is 2. The minimum absolute atomic E-state index is 0.0844. The molecule has 0 rings (SSSR count). The molecule has 0 spiro atoms. The van der Waals surface area contributed by atoms with Crippen LogP contribution in [-0.2, 0) is 19.1 Å². The van der Waals surface area contributed by atoms with Crippen LogP contribution in [0.15, 0.2) is 72.9 Å². The normalized spacial score (nSPS) is 12.9. The maximum atomic E-state index is 12.2. The highest BCUT2D eigenvalue weighted by molar-refractivity contribution is 5.70. The van der Waals surface area contributed by atoms with Crippen molar-refractivity contribution >= 4 is 11.9 Å². The molecule has 0 aliphatic rings. The van der Waals surface area contributed by atoms with Gasteiger partial charge >= 0.3 is 11.9 Å². The van der Waals surface area contributed by atoms with E-state index in [4.69, 9.17) is 9.47 Å². The average Bonchev–Trinajstić information content (AvgIpc) is 3.17. The SMILES string of the molecule is CC/C=C\C/C=C\C/C=C\CCCCCC(=O)OCC(CO)OC(=O)CCCCCCCCCCCCCC/C=C\C/C=C\C/C=C\CCCCCCC. The van der Waals surface area contributed by atoms with E-state index < -0.39 is 6.10 Å². The summed E-state index contributed by atoms with van der Waals surface area (Å²) < 4.78 is 10.6. The van der Waals surface area contributed by atoms with Gasteiger partial charge in [-0.3, -0.25) is 9.59 Å². The Hall–Kier alpha value is -2.66. The number of aliphatic hydroxyl groups excluding tert-OH is 1. The van der Waals surface area contributed by atoms with Gasteiger partial charge in [0.15, 0.2) is 6.10 Å². The van der Waals surface area contributed by atoms with E-state index in [1.54, 1.807) is 0 Å². The van der Waals surface area contributed by atoms with Crippen LogP contribution in [0.3, 0.4) is 0 Å².